The molecule has 0 saturated carbocycles. The zero-order valence-corrected chi connectivity index (χ0v) is 11.7. The summed E-state index contributed by atoms with van der Waals surface area (Å²) in [7, 11) is 1.59. The van der Waals surface area contributed by atoms with Gasteiger partial charge in [-0.05, 0) is 32.2 Å². The average Bonchev–Trinajstić information content (AvgIpc) is 2.37. The molecule has 0 radical (unpaired) electrons. The van der Waals surface area contributed by atoms with Gasteiger partial charge in [-0.3, -0.25) is 14.5 Å². The van der Waals surface area contributed by atoms with Crippen LogP contribution < -0.4 is 5.32 Å². The quantitative estimate of drug-likeness (QED) is 0.653. The third kappa shape index (κ3) is 5.57. The molecule has 0 aromatic heterocycles. The number of likely N-dealkylation sites (tertiary alicyclic amines) is 1. The second-order valence-electron chi connectivity index (χ2n) is 5.06. The smallest absolute Gasteiger partial charge is 0.303 e. The molecule has 19 heavy (non-hydrogen) atoms. The molecular formula is C13H24N2O4. The Balaban J connectivity index is 2.40. The molecule has 0 bridgehead atoms. The van der Waals surface area contributed by atoms with E-state index in [0.717, 1.165) is 19.4 Å². The summed E-state index contributed by atoms with van der Waals surface area (Å²) >= 11 is 0. The van der Waals surface area contributed by atoms with Gasteiger partial charge in [0, 0.05) is 26.6 Å². The molecule has 0 aromatic rings. The molecule has 1 aliphatic rings. The highest BCUT2D eigenvalue weighted by Gasteiger charge is 2.28. The van der Waals surface area contributed by atoms with Crippen LogP contribution in [0.15, 0.2) is 0 Å². The van der Waals surface area contributed by atoms with Crippen LogP contribution in [-0.4, -0.2) is 61.3 Å². The van der Waals surface area contributed by atoms with E-state index in [0.29, 0.717) is 19.7 Å². The van der Waals surface area contributed by atoms with Gasteiger partial charge in [0.2, 0.25) is 5.91 Å². The van der Waals surface area contributed by atoms with Crippen molar-refractivity contribution >= 4 is 11.9 Å². The summed E-state index contributed by atoms with van der Waals surface area (Å²) in [5.41, 5.74) is 0. The van der Waals surface area contributed by atoms with Gasteiger partial charge in [0.25, 0.3) is 0 Å². The van der Waals surface area contributed by atoms with Crippen LogP contribution in [0, 0.1) is 5.92 Å². The number of methoxy groups -OCH3 is 1. The fraction of sp³-hybridized carbons (Fsp3) is 0.846. The number of piperidine rings is 1. The number of rotatable bonds is 7. The maximum absolute atomic E-state index is 11.9. The molecular weight excluding hydrogens is 248 g/mol. The van der Waals surface area contributed by atoms with Gasteiger partial charge in [0.1, 0.15) is 0 Å². The number of carboxylic acid groups (broad SMARTS) is 1. The zero-order valence-electron chi connectivity index (χ0n) is 11.7. The minimum absolute atomic E-state index is 0.0203. The third-order valence-electron chi connectivity index (χ3n) is 3.55. The Labute approximate surface area is 114 Å². The van der Waals surface area contributed by atoms with Gasteiger partial charge in [-0.2, -0.15) is 0 Å². The molecule has 6 heteroatoms. The van der Waals surface area contributed by atoms with Crippen molar-refractivity contribution < 1.29 is 19.4 Å². The first kappa shape index (κ1) is 15.9. The number of hydrogen-bond acceptors (Lipinski definition) is 4. The fourth-order valence-electron chi connectivity index (χ4n) is 2.45. The van der Waals surface area contributed by atoms with Gasteiger partial charge < -0.3 is 15.2 Å². The van der Waals surface area contributed by atoms with Crippen molar-refractivity contribution in [2.24, 2.45) is 5.92 Å². The molecule has 1 aliphatic heterocycles. The van der Waals surface area contributed by atoms with Crippen molar-refractivity contribution in [3.63, 3.8) is 0 Å². The number of carboxylic acids is 1. The lowest BCUT2D eigenvalue weighted by Crippen LogP contribution is -2.49. The van der Waals surface area contributed by atoms with E-state index >= 15 is 0 Å². The maximum Gasteiger partial charge on any atom is 0.303 e. The summed E-state index contributed by atoms with van der Waals surface area (Å²) in [4.78, 5) is 24.7. The Bertz CT molecular complexity index is 309. The second-order valence-corrected chi connectivity index (χ2v) is 5.06. The van der Waals surface area contributed by atoms with E-state index in [2.05, 4.69) is 10.2 Å². The largest absolute Gasteiger partial charge is 0.481 e. The van der Waals surface area contributed by atoms with Crippen LogP contribution in [0.4, 0.5) is 0 Å². The molecule has 110 valence electrons. The summed E-state index contributed by atoms with van der Waals surface area (Å²) < 4.78 is 4.88. The van der Waals surface area contributed by atoms with Crippen LogP contribution in [0.2, 0.25) is 0 Å². The molecule has 2 atom stereocenters. The molecule has 6 nitrogen and oxygen atoms in total. The molecule has 1 saturated heterocycles. The lowest BCUT2D eigenvalue weighted by molar-refractivity contribution is -0.138. The Kier molecular flexibility index (Phi) is 6.80. The number of nitrogens with one attached hydrogen (secondary N) is 1. The predicted molar refractivity (Wildman–Crippen MR) is 70.9 cm³/mol. The third-order valence-corrected chi connectivity index (χ3v) is 3.55. The van der Waals surface area contributed by atoms with E-state index in [-0.39, 0.29) is 24.3 Å². The number of carbonyl (C=O) groups is 2. The summed E-state index contributed by atoms with van der Waals surface area (Å²) in [5.74, 6) is -0.627. The van der Waals surface area contributed by atoms with E-state index < -0.39 is 5.97 Å². The van der Waals surface area contributed by atoms with E-state index in [4.69, 9.17) is 9.84 Å². The molecule has 1 rings (SSSR count). The van der Waals surface area contributed by atoms with Crippen LogP contribution in [0.1, 0.15) is 26.2 Å². The minimum Gasteiger partial charge on any atom is -0.481 e. The summed E-state index contributed by atoms with van der Waals surface area (Å²) in [6.07, 6.45) is 2.07. The molecule has 1 fully saturated rings. The lowest BCUT2D eigenvalue weighted by Gasteiger charge is -2.35. The van der Waals surface area contributed by atoms with Gasteiger partial charge in [-0.15, -0.1) is 0 Å². The summed E-state index contributed by atoms with van der Waals surface area (Å²) in [5, 5.41) is 11.6. The molecule has 0 aliphatic carbocycles. The van der Waals surface area contributed by atoms with Gasteiger partial charge in [0.05, 0.1) is 12.6 Å². The van der Waals surface area contributed by atoms with Crippen LogP contribution in [-0.2, 0) is 14.3 Å². The Hall–Kier alpha value is -1.14. The monoisotopic (exact) mass is 272 g/mol. The van der Waals surface area contributed by atoms with E-state index in [1.807, 2.05) is 6.92 Å². The van der Waals surface area contributed by atoms with Crippen LogP contribution >= 0.6 is 0 Å². The first-order valence-corrected chi connectivity index (χ1v) is 6.77. The Morgan fingerprint density at radius 2 is 2.26 bits per heavy atom. The average molecular weight is 272 g/mol. The van der Waals surface area contributed by atoms with E-state index in [1.165, 1.54) is 0 Å². The fourth-order valence-corrected chi connectivity index (χ4v) is 2.45. The van der Waals surface area contributed by atoms with Gasteiger partial charge >= 0.3 is 5.97 Å². The summed E-state index contributed by atoms with van der Waals surface area (Å²) in [6, 6.07) is -0.214. The normalized spacial score (nSPS) is 21.9. The summed E-state index contributed by atoms with van der Waals surface area (Å²) in [6.45, 7) is 4.41. The first-order valence-electron chi connectivity index (χ1n) is 6.77. The predicted octanol–water partition coefficient (Wildman–Crippen LogP) is 0.324. The highest BCUT2D eigenvalue weighted by atomic mass is 16.5. The van der Waals surface area contributed by atoms with Gasteiger partial charge in [-0.1, -0.05) is 0 Å². The number of aliphatic carboxylic acids is 1. The molecule has 0 spiro atoms. The van der Waals surface area contributed by atoms with Crippen molar-refractivity contribution in [3.8, 4) is 0 Å². The number of amides is 1. The zero-order chi connectivity index (χ0) is 14.3. The van der Waals surface area contributed by atoms with Crippen LogP contribution in [0.5, 0.6) is 0 Å². The van der Waals surface area contributed by atoms with Crippen molar-refractivity contribution in [3.05, 3.63) is 0 Å². The van der Waals surface area contributed by atoms with Gasteiger partial charge in [-0.25, -0.2) is 0 Å². The van der Waals surface area contributed by atoms with E-state index in [1.54, 1.807) is 7.11 Å². The minimum atomic E-state index is -0.760. The topological polar surface area (TPSA) is 78.9 Å². The van der Waals surface area contributed by atoms with Crippen LogP contribution in [0.25, 0.3) is 0 Å². The van der Waals surface area contributed by atoms with Gasteiger partial charge in [0.15, 0.2) is 0 Å². The SMILES string of the molecule is COCCNC(=O)C(C)N1CCCC(CC(=O)O)C1. The first-order chi connectivity index (χ1) is 9.04. The highest BCUT2D eigenvalue weighted by Crippen LogP contribution is 2.21. The van der Waals surface area contributed by atoms with Crippen molar-refractivity contribution in [1.29, 1.82) is 0 Å². The van der Waals surface area contributed by atoms with Crippen molar-refractivity contribution in [2.75, 3.05) is 33.4 Å². The van der Waals surface area contributed by atoms with Crippen molar-refractivity contribution in [1.82, 2.24) is 10.2 Å². The second kappa shape index (κ2) is 8.12. The molecule has 2 N–H and O–H groups in total. The highest BCUT2D eigenvalue weighted by molar-refractivity contribution is 5.81. The number of ether oxygens (including phenoxy) is 1. The molecule has 2 unspecified atom stereocenters. The van der Waals surface area contributed by atoms with Crippen molar-refractivity contribution in [2.45, 2.75) is 32.2 Å². The maximum atomic E-state index is 11.9. The number of carbonyl (C=O) groups excluding carboxylic acids is 1. The molecule has 1 heterocycles. The van der Waals surface area contributed by atoms with E-state index in [9.17, 15) is 9.59 Å². The Morgan fingerprint density at radius 1 is 1.53 bits per heavy atom. The molecule has 1 amide bonds. The lowest BCUT2D eigenvalue weighted by atomic mass is 9.94. The standard InChI is InChI=1S/C13H24N2O4/c1-10(13(18)14-5-7-19-2)15-6-3-4-11(9-15)8-12(16)17/h10-11H,3-9H2,1-2H3,(H,14,18)(H,16,17). The van der Waals surface area contributed by atoms with Crippen LogP contribution in [0.3, 0.4) is 0 Å². The Morgan fingerprint density at radius 3 is 2.89 bits per heavy atom. The number of nitrogens with zero attached hydrogens (tertiary/aromatic N) is 1. The molecule has 0 aromatic carbocycles. The number of hydrogen-bond donors (Lipinski definition) is 2.